The average molecular weight is 335 g/mol. The molecule has 0 saturated carbocycles. The summed E-state index contributed by atoms with van der Waals surface area (Å²) in [4.78, 5) is 12.1. The number of carbonyl (C=O) groups excluding carboxylic acids is 1. The van der Waals surface area contributed by atoms with E-state index in [1.54, 1.807) is 36.6 Å². The predicted molar refractivity (Wildman–Crippen MR) is 77.2 cm³/mol. The Labute approximate surface area is 124 Å². The van der Waals surface area contributed by atoms with Gasteiger partial charge in [-0.15, -0.1) is 0 Å². The van der Waals surface area contributed by atoms with Crippen molar-refractivity contribution in [3.05, 3.63) is 52.4 Å². The standard InChI is InChI=1S/C15H11BrO4/c16-11-8-12(20-9-11)2-3-13(17)10-1-4-14-15(7-10)19-6-5-18-14/h1-4,7-9H,5-6H2. The summed E-state index contributed by atoms with van der Waals surface area (Å²) in [6.45, 7) is 1.04. The minimum Gasteiger partial charge on any atom is -0.486 e. The number of carbonyl (C=O) groups is 1. The van der Waals surface area contributed by atoms with E-state index >= 15 is 0 Å². The number of ketones is 1. The van der Waals surface area contributed by atoms with Crippen molar-refractivity contribution >= 4 is 27.8 Å². The van der Waals surface area contributed by atoms with Crippen molar-refractivity contribution in [1.82, 2.24) is 0 Å². The van der Waals surface area contributed by atoms with Crippen LogP contribution in [0.2, 0.25) is 0 Å². The lowest BCUT2D eigenvalue weighted by molar-refractivity contribution is 0.104. The van der Waals surface area contributed by atoms with E-state index < -0.39 is 0 Å². The molecule has 102 valence electrons. The van der Waals surface area contributed by atoms with E-state index in [1.807, 2.05) is 0 Å². The second-order valence-electron chi connectivity index (χ2n) is 4.22. The lowest BCUT2D eigenvalue weighted by Gasteiger charge is -2.18. The minimum absolute atomic E-state index is 0.116. The van der Waals surface area contributed by atoms with Gasteiger partial charge in [0.25, 0.3) is 0 Å². The molecule has 2 heterocycles. The normalized spacial score (nSPS) is 13.7. The Kier molecular flexibility index (Phi) is 3.60. The van der Waals surface area contributed by atoms with Crippen molar-refractivity contribution in [3.8, 4) is 11.5 Å². The largest absolute Gasteiger partial charge is 0.486 e. The summed E-state index contributed by atoms with van der Waals surface area (Å²) in [6.07, 6.45) is 4.66. The highest BCUT2D eigenvalue weighted by molar-refractivity contribution is 9.10. The quantitative estimate of drug-likeness (QED) is 0.634. The van der Waals surface area contributed by atoms with E-state index in [1.165, 1.54) is 6.08 Å². The van der Waals surface area contributed by atoms with Gasteiger partial charge in [0.15, 0.2) is 17.3 Å². The molecule has 0 saturated heterocycles. The molecule has 20 heavy (non-hydrogen) atoms. The molecular weight excluding hydrogens is 324 g/mol. The highest BCUT2D eigenvalue weighted by Crippen LogP contribution is 2.31. The number of rotatable bonds is 3. The maximum atomic E-state index is 12.1. The Morgan fingerprint density at radius 3 is 2.70 bits per heavy atom. The molecule has 0 atom stereocenters. The third-order valence-corrected chi connectivity index (χ3v) is 3.23. The number of halogens is 1. The molecule has 0 N–H and O–H groups in total. The van der Waals surface area contributed by atoms with Crippen LogP contribution < -0.4 is 9.47 Å². The van der Waals surface area contributed by atoms with Gasteiger partial charge in [0, 0.05) is 5.56 Å². The van der Waals surface area contributed by atoms with Gasteiger partial charge in [0.1, 0.15) is 25.2 Å². The van der Waals surface area contributed by atoms with Crippen LogP contribution in [0.15, 0.2) is 45.5 Å². The smallest absolute Gasteiger partial charge is 0.186 e. The third kappa shape index (κ3) is 2.77. The molecule has 1 aromatic carbocycles. The van der Waals surface area contributed by atoms with Gasteiger partial charge in [-0.25, -0.2) is 0 Å². The van der Waals surface area contributed by atoms with Crippen LogP contribution >= 0.6 is 15.9 Å². The highest BCUT2D eigenvalue weighted by Gasteiger charge is 2.13. The summed E-state index contributed by atoms with van der Waals surface area (Å²) in [5.74, 6) is 1.78. The Balaban J connectivity index is 1.78. The Bertz CT molecular complexity index is 672. The number of benzene rings is 1. The first-order valence-electron chi connectivity index (χ1n) is 6.08. The van der Waals surface area contributed by atoms with Gasteiger partial charge in [0.05, 0.1) is 4.47 Å². The topological polar surface area (TPSA) is 48.7 Å². The summed E-state index contributed by atoms with van der Waals surface area (Å²) in [6, 6.07) is 6.95. The van der Waals surface area contributed by atoms with Crippen LogP contribution in [0.25, 0.3) is 6.08 Å². The molecule has 0 spiro atoms. The second kappa shape index (κ2) is 5.54. The second-order valence-corrected chi connectivity index (χ2v) is 5.14. The summed E-state index contributed by atoms with van der Waals surface area (Å²) < 4.78 is 16.9. The van der Waals surface area contributed by atoms with Gasteiger partial charge in [0.2, 0.25) is 0 Å². The molecule has 4 nitrogen and oxygen atoms in total. The van der Waals surface area contributed by atoms with E-state index in [2.05, 4.69) is 15.9 Å². The number of hydrogen-bond acceptors (Lipinski definition) is 4. The monoisotopic (exact) mass is 334 g/mol. The van der Waals surface area contributed by atoms with Gasteiger partial charge < -0.3 is 13.9 Å². The van der Waals surface area contributed by atoms with Gasteiger partial charge >= 0.3 is 0 Å². The number of fused-ring (bicyclic) bond motifs is 1. The first-order valence-corrected chi connectivity index (χ1v) is 6.88. The zero-order chi connectivity index (χ0) is 13.9. The molecule has 0 bridgehead atoms. The van der Waals surface area contributed by atoms with Crippen molar-refractivity contribution in [2.45, 2.75) is 0 Å². The fourth-order valence-electron chi connectivity index (χ4n) is 1.87. The highest BCUT2D eigenvalue weighted by atomic mass is 79.9. The van der Waals surface area contributed by atoms with Crippen molar-refractivity contribution < 1.29 is 18.7 Å². The van der Waals surface area contributed by atoms with E-state index in [4.69, 9.17) is 13.9 Å². The SMILES string of the molecule is O=C(C=Cc1cc(Br)co1)c1ccc2c(c1)OCCO2. The molecule has 1 aliphatic rings. The lowest BCUT2D eigenvalue weighted by Crippen LogP contribution is -2.15. The van der Waals surface area contributed by atoms with Gasteiger partial charge in [-0.05, 0) is 52.3 Å². The number of allylic oxidation sites excluding steroid dienone is 1. The summed E-state index contributed by atoms with van der Waals surface area (Å²) >= 11 is 3.28. The molecule has 0 fully saturated rings. The van der Waals surface area contributed by atoms with E-state index in [0.29, 0.717) is 36.0 Å². The van der Waals surface area contributed by atoms with Crippen LogP contribution in [0.5, 0.6) is 11.5 Å². The molecule has 5 heteroatoms. The van der Waals surface area contributed by atoms with Crippen LogP contribution in [0.1, 0.15) is 16.1 Å². The van der Waals surface area contributed by atoms with Gasteiger partial charge in [-0.1, -0.05) is 0 Å². The molecule has 1 aliphatic heterocycles. The summed E-state index contributed by atoms with van der Waals surface area (Å²) in [7, 11) is 0. The van der Waals surface area contributed by atoms with Crippen LogP contribution in [0.4, 0.5) is 0 Å². The zero-order valence-corrected chi connectivity index (χ0v) is 12.1. The summed E-state index contributed by atoms with van der Waals surface area (Å²) in [5, 5.41) is 0. The first-order chi connectivity index (χ1) is 9.72. The van der Waals surface area contributed by atoms with Crippen molar-refractivity contribution in [3.63, 3.8) is 0 Å². The minimum atomic E-state index is -0.116. The van der Waals surface area contributed by atoms with E-state index in [9.17, 15) is 4.79 Å². The Hall–Kier alpha value is -2.01. The summed E-state index contributed by atoms with van der Waals surface area (Å²) in [5.41, 5.74) is 0.552. The van der Waals surface area contributed by atoms with Crippen molar-refractivity contribution in [2.24, 2.45) is 0 Å². The molecule has 0 radical (unpaired) electrons. The predicted octanol–water partition coefficient (Wildman–Crippen LogP) is 3.71. The first kappa shape index (κ1) is 13.0. The fraction of sp³-hybridized carbons (Fsp3) is 0.133. The molecule has 1 aromatic heterocycles. The Morgan fingerprint density at radius 1 is 1.15 bits per heavy atom. The van der Waals surface area contributed by atoms with Crippen molar-refractivity contribution in [1.29, 1.82) is 0 Å². The molecule has 0 amide bonds. The van der Waals surface area contributed by atoms with Crippen LogP contribution in [-0.4, -0.2) is 19.0 Å². The maximum absolute atomic E-state index is 12.1. The molecule has 0 unspecified atom stereocenters. The molecule has 2 aromatic rings. The molecule has 0 aliphatic carbocycles. The van der Waals surface area contributed by atoms with Crippen molar-refractivity contribution in [2.75, 3.05) is 13.2 Å². The number of ether oxygens (including phenoxy) is 2. The van der Waals surface area contributed by atoms with Crippen LogP contribution in [-0.2, 0) is 0 Å². The van der Waals surface area contributed by atoms with E-state index in [-0.39, 0.29) is 5.78 Å². The zero-order valence-electron chi connectivity index (χ0n) is 10.5. The van der Waals surface area contributed by atoms with Gasteiger partial charge in [-0.3, -0.25) is 4.79 Å². The molecule has 3 rings (SSSR count). The Morgan fingerprint density at radius 2 is 1.95 bits per heavy atom. The van der Waals surface area contributed by atoms with Crippen LogP contribution in [0, 0.1) is 0 Å². The van der Waals surface area contributed by atoms with E-state index in [0.717, 1.165) is 4.47 Å². The fourth-order valence-corrected chi connectivity index (χ4v) is 2.19. The lowest BCUT2D eigenvalue weighted by atomic mass is 10.1. The number of hydrogen-bond donors (Lipinski definition) is 0. The average Bonchev–Trinajstić information content (AvgIpc) is 2.90. The molecular formula is C15H11BrO4. The maximum Gasteiger partial charge on any atom is 0.186 e. The third-order valence-electron chi connectivity index (χ3n) is 2.81. The van der Waals surface area contributed by atoms with Crippen LogP contribution in [0.3, 0.4) is 0 Å². The van der Waals surface area contributed by atoms with Gasteiger partial charge in [-0.2, -0.15) is 0 Å². The number of furan rings is 1.